The molecule has 1 atom stereocenters. The molecular weight excluding hydrogens is 234 g/mol. The molecule has 0 amide bonds. The van der Waals surface area contributed by atoms with Crippen LogP contribution in [0.3, 0.4) is 0 Å². The molecule has 0 bridgehead atoms. The monoisotopic (exact) mass is 261 g/mol. The highest BCUT2D eigenvalue weighted by Gasteiger charge is 2.11. The smallest absolute Gasteiger partial charge is 0.0363 e. The van der Waals surface area contributed by atoms with Crippen molar-refractivity contribution >= 4 is 5.69 Å². The summed E-state index contributed by atoms with van der Waals surface area (Å²) in [4.78, 5) is 2.32. The average Bonchev–Trinajstić information content (AvgIpc) is 2.49. The lowest BCUT2D eigenvalue weighted by Gasteiger charge is -2.24. The second-order valence-electron chi connectivity index (χ2n) is 5.46. The molecule has 3 nitrogen and oxygen atoms in total. The van der Waals surface area contributed by atoms with Crippen molar-refractivity contribution in [3.05, 3.63) is 30.3 Å². The lowest BCUT2D eigenvalue weighted by atomic mass is 10.1. The van der Waals surface area contributed by atoms with Gasteiger partial charge >= 0.3 is 0 Å². The van der Waals surface area contributed by atoms with E-state index >= 15 is 0 Å². The van der Waals surface area contributed by atoms with Gasteiger partial charge in [0.25, 0.3) is 0 Å². The Labute approximate surface area is 117 Å². The van der Waals surface area contributed by atoms with Gasteiger partial charge in [0, 0.05) is 31.9 Å². The van der Waals surface area contributed by atoms with Crippen LogP contribution in [0.2, 0.25) is 0 Å². The lowest BCUT2D eigenvalue weighted by Crippen LogP contribution is -2.42. The Morgan fingerprint density at radius 3 is 2.84 bits per heavy atom. The first-order chi connectivity index (χ1) is 9.36. The quantitative estimate of drug-likeness (QED) is 0.737. The molecule has 19 heavy (non-hydrogen) atoms. The SMILES string of the molecule is CN(CCCNCC1CCCCN1)c1ccccc1. The summed E-state index contributed by atoms with van der Waals surface area (Å²) in [5.74, 6) is 0. The first-order valence-corrected chi connectivity index (χ1v) is 7.56. The largest absolute Gasteiger partial charge is 0.375 e. The molecule has 1 aliphatic rings. The molecule has 1 aromatic carbocycles. The van der Waals surface area contributed by atoms with Crippen LogP contribution < -0.4 is 15.5 Å². The second kappa shape index (κ2) is 8.18. The van der Waals surface area contributed by atoms with E-state index in [0.717, 1.165) is 19.6 Å². The van der Waals surface area contributed by atoms with Gasteiger partial charge in [0.15, 0.2) is 0 Å². The molecule has 2 N–H and O–H groups in total. The Morgan fingerprint density at radius 2 is 2.11 bits per heavy atom. The van der Waals surface area contributed by atoms with Crippen molar-refractivity contribution in [1.29, 1.82) is 0 Å². The molecule has 0 aliphatic carbocycles. The summed E-state index contributed by atoms with van der Waals surface area (Å²) in [6.07, 6.45) is 5.25. The second-order valence-corrected chi connectivity index (χ2v) is 5.46. The number of benzene rings is 1. The molecule has 0 saturated carbocycles. The van der Waals surface area contributed by atoms with Gasteiger partial charge in [0.05, 0.1) is 0 Å². The predicted octanol–water partition coefficient (Wildman–Crippen LogP) is 2.24. The van der Waals surface area contributed by atoms with Crippen LogP contribution in [0.5, 0.6) is 0 Å². The van der Waals surface area contributed by atoms with Crippen LogP contribution in [-0.4, -0.2) is 39.3 Å². The van der Waals surface area contributed by atoms with Crippen molar-refractivity contribution in [2.45, 2.75) is 31.7 Å². The highest BCUT2D eigenvalue weighted by atomic mass is 15.1. The molecule has 106 valence electrons. The molecule has 1 aromatic rings. The predicted molar refractivity (Wildman–Crippen MR) is 82.8 cm³/mol. The Kier molecular flexibility index (Phi) is 6.18. The van der Waals surface area contributed by atoms with Crippen LogP contribution in [0.15, 0.2) is 30.3 Å². The molecule has 2 rings (SSSR count). The highest BCUT2D eigenvalue weighted by Crippen LogP contribution is 2.10. The van der Waals surface area contributed by atoms with Crippen LogP contribution in [-0.2, 0) is 0 Å². The van der Waals surface area contributed by atoms with E-state index in [-0.39, 0.29) is 0 Å². The number of hydrogen-bond donors (Lipinski definition) is 2. The number of para-hydroxylation sites is 1. The maximum atomic E-state index is 3.57. The van der Waals surface area contributed by atoms with E-state index in [1.54, 1.807) is 0 Å². The Balaban J connectivity index is 1.54. The Hall–Kier alpha value is -1.06. The summed E-state index contributed by atoms with van der Waals surface area (Å²) < 4.78 is 0. The van der Waals surface area contributed by atoms with Crippen LogP contribution in [0.25, 0.3) is 0 Å². The van der Waals surface area contributed by atoms with Gasteiger partial charge in [-0.3, -0.25) is 0 Å². The Morgan fingerprint density at radius 1 is 1.26 bits per heavy atom. The first kappa shape index (κ1) is 14.4. The summed E-state index contributed by atoms with van der Waals surface area (Å²) in [6, 6.07) is 11.3. The van der Waals surface area contributed by atoms with Crippen molar-refractivity contribution in [1.82, 2.24) is 10.6 Å². The molecule has 0 aromatic heterocycles. The molecule has 1 unspecified atom stereocenters. The number of piperidine rings is 1. The van der Waals surface area contributed by atoms with Gasteiger partial charge in [-0.15, -0.1) is 0 Å². The minimum absolute atomic E-state index is 0.695. The number of rotatable bonds is 7. The van der Waals surface area contributed by atoms with Gasteiger partial charge in [-0.05, 0) is 44.5 Å². The molecule has 0 radical (unpaired) electrons. The fourth-order valence-electron chi connectivity index (χ4n) is 2.63. The van der Waals surface area contributed by atoms with Gasteiger partial charge in [-0.25, -0.2) is 0 Å². The number of anilines is 1. The van der Waals surface area contributed by atoms with E-state index in [9.17, 15) is 0 Å². The zero-order valence-electron chi connectivity index (χ0n) is 12.1. The molecule has 3 heteroatoms. The summed E-state index contributed by atoms with van der Waals surface area (Å²) >= 11 is 0. The van der Waals surface area contributed by atoms with E-state index in [2.05, 4.69) is 52.9 Å². The van der Waals surface area contributed by atoms with Gasteiger partial charge in [0.1, 0.15) is 0 Å². The summed E-state index contributed by atoms with van der Waals surface area (Å²) in [6.45, 7) is 4.53. The lowest BCUT2D eigenvalue weighted by molar-refractivity contribution is 0.383. The molecule has 1 saturated heterocycles. The number of nitrogens with zero attached hydrogens (tertiary/aromatic N) is 1. The van der Waals surface area contributed by atoms with Gasteiger partial charge in [0.2, 0.25) is 0 Å². The summed E-state index contributed by atoms with van der Waals surface area (Å²) in [5, 5.41) is 7.14. The van der Waals surface area contributed by atoms with Crippen molar-refractivity contribution in [2.24, 2.45) is 0 Å². The summed E-state index contributed by atoms with van der Waals surface area (Å²) in [5.41, 5.74) is 1.30. The van der Waals surface area contributed by atoms with E-state index in [0.29, 0.717) is 6.04 Å². The molecular formula is C16H27N3. The minimum Gasteiger partial charge on any atom is -0.375 e. The van der Waals surface area contributed by atoms with E-state index in [1.807, 2.05) is 0 Å². The van der Waals surface area contributed by atoms with Crippen molar-refractivity contribution in [3.63, 3.8) is 0 Å². The van der Waals surface area contributed by atoms with E-state index < -0.39 is 0 Å². The zero-order valence-corrected chi connectivity index (χ0v) is 12.1. The number of nitrogens with one attached hydrogen (secondary N) is 2. The molecule has 0 spiro atoms. The van der Waals surface area contributed by atoms with Crippen LogP contribution >= 0.6 is 0 Å². The topological polar surface area (TPSA) is 27.3 Å². The molecule has 1 aliphatic heterocycles. The standard InChI is InChI=1S/C16H27N3/c1-19(16-9-3-2-4-10-16)13-7-11-17-14-15-8-5-6-12-18-15/h2-4,9-10,15,17-18H,5-8,11-14H2,1H3. The van der Waals surface area contributed by atoms with Crippen LogP contribution in [0.1, 0.15) is 25.7 Å². The van der Waals surface area contributed by atoms with Gasteiger partial charge in [-0.2, -0.15) is 0 Å². The maximum Gasteiger partial charge on any atom is 0.0363 e. The van der Waals surface area contributed by atoms with Crippen LogP contribution in [0, 0.1) is 0 Å². The van der Waals surface area contributed by atoms with Crippen molar-refractivity contribution < 1.29 is 0 Å². The fraction of sp³-hybridized carbons (Fsp3) is 0.625. The maximum absolute atomic E-state index is 3.57. The normalized spacial score (nSPS) is 19.3. The summed E-state index contributed by atoms with van der Waals surface area (Å²) in [7, 11) is 2.16. The van der Waals surface area contributed by atoms with Crippen LogP contribution in [0.4, 0.5) is 5.69 Å². The Bertz CT molecular complexity index is 333. The third-order valence-corrected chi connectivity index (χ3v) is 3.85. The highest BCUT2D eigenvalue weighted by molar-refractivity contribution is 5.44. The van der Waals surface area contributed by atoms with E-state index in [1.165, 1.54) is 37.9 Å². The minimum atomic E-state index is 0.695. The first-order valence-electron chi connectivity index (χ1n) is 7.56. The van der Waals surface area contributed by atoms with Gasteiger partial charge in [-0.1, -0.05) is 24.6 Å². The fourth-order valence-corrected chi connectivity index (χ4v) is 2.63. The van der Waals surface area contributed by atoms with Gasteiger partial charge < -0.3 is 15.5 Å². The molecule has 1 fully saturated rings. The zero-order chi connectivity index (χ0) is 13.3. The third-order valence-electron chi connectivity index (χ3n) is 3.85. The average molecular weight is 261 g/mol. The van der Waals surface area contributed by atoms with Crippen molar-refractivity contribution in [2.75, 3.05) is 38.1 Å². The van der Waals surface area contributed by atoms with E-state index in [4.69, 9.17) is 0 Å². The third kappa shape index (κ3) is 5.21. The number of hydrogen-bond acceptors (Lipinski definition) is 3. The van der Waals surface area contributed by atoms with Crippen molar-refractivity contribution in [3.8, 4) is 0 Å². The molecule has 1 heterocycles.